The molecule has 0 bridgehead atoms. The summed E-state index contributed by atoms with van der Waals surface area (Å²) in [4.78, 5) is 13.8. The molecule has 1 aromatic carbocycles. The Hall–Kier alpha value is -1.56. The Morgan fingerprint density at radius 1 is 1.23 bits per heavy atom. The minimum atomic E-state index is -4.41. The first-order valence-corrected chi connectivity index (χ1v) is 7.58. The molecule has 0 aliphatic heterocycles. The first kappa shape index (κ1) is 16.8. The molecule has 0 radical (unpaired) electrons. The molecule has 0 heterocycles. The second-order valence-corrected chi connectivity index (χ2v) is 5.65. The monoisotopic (exact) mass is 314 g/mol. The van der Waals surface area contributed by atoms with Crippen LogP contribution in [0.5, 0.6) is 0 Å². The van der Waals surface area contributed by atoms with E-state index in [4.69, 9.17) is 5.73 Å². The van der Waals surface area contributed by atoms with E-state index in [0.717, 1.165) is 31.7 Å². The molecule has 1 aromatic rings. The summed E-state index contributed by atoms with van der Waals surface area (Å²) in [5.74, 6) is -0.161. The van der Waals surface area contributed by atoms with Crippen LogP contribution in [0.25, 0.3) is 0 Å². The molecule has 1 amide bonds. The molecule has 1 aliphatic rings. The molecule has 1 aliphatic carbocycles. The number of nitrogens with two attached hydrogens (primary N) is 1. The third-order valence-corrected chi connectivity index (χ3v) is 4.11. The number of carbonyl (C=O) groups excluding carboxylic acids is 1. The Balaban J connectivity index is 2.25. The van der Waals surface area contributed by atoms with Crippen molar-refractivity contribution < 1.29 is 18.0 Å². The van der Waals surface area contributed by atoms with Crippen molar-refractivity contribution in [3.63, 3.8) is 0 Å². The zero-order chi connectivity index (χ0) is 16.2. The Kier molecular flexibility index (Phi) is 5.45. The van der Waals surface area contributed by atoms with E-state index in [1.165, 1.54) is 12.1 Å². The summed E-state index contributed by atoms with van der Waals surface area (Å²) in [6.07, 6.45) is -0.509. The molecule has 0 atom stereocenters. The van der Waals surface area contributed by atoms with Gasteiger partial charge in [-0.1, -0.05) is 31.0 Å². The van der Waals surface area contributed by atoms with Gasteiger partial charge in [-0.3, -0.25) is 4.79 Å². The average molecular weight is 314 g/mol. The molecule has 1 saturated carbocycles. The van der Waals surface area contributed by atoms with Gasteiger partial charge in [0.2, 0.25) is 5.91 Å². The number of alkyl halides is 3. The minimum absolute atomic E-state index is 0.000810. The lowest BCUT2D eigenvalue weighted by Gasteiger charge is -2.30. The molecule has 2 rings (SSSR count). The normalized spacial score (nSPS) is 16.0. The van der Waals surface area contributed by atoms with E-state index in [0.29, 0.717) is 0 Å². The number of halogens is 3. The molecular formula is C16H21F3N2O. The van der Waals surface area contributed by atoms with E-state index in [2.05, 4.69) is 0 Å². The molecule has 6 heteroatoms. The molecule has 0 aromatic heterocycles. The first-order chi connectivity index (χ1) is 10.4. The van der Waals surface area contributed by atoms with Gasteiger partial charge in [0, 0.05) is 25.6 Å². The molecule has 122 valence electrons. The van der Waals surface area contributed by atoms with Crippen molar-refractivity contribution in [1.82, 2.24) is 4.90 Å². The minimum Gasteiger partial charge on any atom is -0.335 e. The van der Waals surface area contributed by atoms with Crippen LogP contribution in [-0.4, -0.2) is 23.4 Å². The van der Waals surface area contributed by atoms with Crippen molar-refractivity contribution in [2.45, 2.75) is 50.9 Å². The Morgan fingerprint density at radius 2 is 1.86 bits per heavy atom. The van der Waals surface area contributed by atoms with Crippen LogP contribution in [0.1, 0.15) is 43.2 Å². The summed E-state index contributed by atoms with van der Waals surface area (Å²) < 4.78 is 39.3. The molecule has 1 fully saturated rings. The van der Waals surface area contributed by atoms with Crippen LogP contribution in [0.15, 0.2) is 24.3 Å². The second-order valence-electron chi connectivity index (χ2n) is 5.65. The Bertz CT molecular complexity index is 510. The van der Waals surface area contributed by atoms with E-state index in [9.17, 15) is 18.0 Å². The third kappa shape index (κ3) is 4.00. The maximum Gasteiger partial charge on any atom is 0.416 e. The molecule has 0 unspecified atom stereocenters. The van der Waals surface area contributed by atoms with Gasteiger partial charge in [0.05, 0.1) is 5.56 Å². The zero-order valence-corrected chi connectivity index (χ0v) is 12.4. The van der Waals surface area contributed by atoms with Crippen LogP contribution in [0, 0.1) is 0 Å². The van der Waals surface area contributed by atoms with Crippen molar-refractivity contribution in [2.24, 2.45) is 5.73 Å². The lowest BCUT2D eigenvalue weighted by Crippen LogP contribution is -2.39. The van der Waals surface area contributed by atoms with Crippen molar-refractivity contribution >= 4 is 5.91 Å². The largest absolute Gasteiger partial charge is 0.416 e. The van der Waals surface area contributed by atoms with E-state index >= 15 is 0 Å². The number of amides is 1. The highest BCUT2D eigenvalue weighted by Gasteiger charge is 2.34. The van der Waals surface area contributed by atoms with Crippen LogP contribution < -0.4 is 5.73 Å². The lowest BCUT2D eigenvalue weighted by atomic mass is 10.0. The summed E-state index contributed by atoms with van der Waals surface area (Å²) in [7, 11) is 0. The molecule has 0 saturated heterocycles. The molecule has 22 heavy (non-hydrogen) atoms. The third-order valence-electron chi connectivity index (χ3n) is 4.11. The maximum atomic E-state index is 13.1. The number of carbonyl (C=O) groups is 1. The van der Waals surface area contributed by atoms with Crippen LogP contribution in [0.3, 0.4) is 0 Å². The zero-order valence-electron chi connectivity index (χ0n) is 12.4. The highest BCUT2D eigenvalue weighted by Crippen LogP contribution is 2.33. The summed E-state index contributed by atoms with van der Waals surface area (Å²) in [6, 6.07) is 5.48. The van der Waals surface area contributed by atoms with Crippen LogP contribution in [0.4, 0.5) is 13.2 Å². The van der Waals surface area contributed by atoms with Crippen LogP contribution >= 0.6 is 0 Å². The van der Waals surface area contributed by atoms with Crippen molar-refractivity contribution in [1.29, 1.82) is 0 Å². The van der Waals surface area contributed by atoms with E-state index < -0.39 is 11.7 Å². The summed E-state index contributed by atoms with van der Waals surface area (Å²) in [5, 5.41) is 0. The second kappa shape index (κ2) is 7.13. The van der Waals surface area contributed by atoms with Gasteiger partial charge in [-0.2, -0.15) is 13.2 Å². The van der Waals surface area contributed by atoms with Crippen LogP contribution in [0.2, 0.25) is 0 Å². The fourth-order valence-electron chi connectivity index (χ4n) is 3.02. The van der Waals surface area contributed by atoms with Crippen molar-refractivity contribution in [3.05, 3.63) is 35.4 Å². The molecule has 0 spiro atoms. The fourth-order valence-corrected chi connectivity index (χ4v) is 3.02. The molecule has 3 nitrogen and oxygen atoms in total. The SMILES string of the molecule is NCCC(=O)N(Cc1ccccc1C(F)(F)F)C1CCCC1. The summed E-state index contributed by atoms with van der Waals surface area (Å²) in [5.41, 5.74) is 4.91. The quantitative estimate of drug-likeness (QED) is 0.906. The van der Waals surface area contributed by atoms with Gasteiger partial charge in [0.25, 0.3) is 0 Å². The summed E-state index contributed by atoms with van der Waals surface area (Å²) >= 11 is 0. The predicted molar refractivity (Wildman–Crippen MR) is 77.9 cm³/mol. The Morgan fingerprint density at radius 3 is 2.45 bits per heavy atom. The van der Waals surface area contributed by atoms with Gasteiger partial charge < -0.3 is 10.6 Å². The van der Waals surface area contributed by atoms with Gasteiger partial charge in [-0.15, -0.1) is 0 Å². The number of hydrogen-bond acceptors (Lipinski definition) is 2. The van der Waals surface area contributed by atoms with E-state index in [1.807, 2.05) is 0 Å². The topological polar surface area (TPSA) is 46.3 Å². The Labute approximate surface area is 128 Å². The lowest BCUT2D eigenvalue weighted by molar-refractivity contribution is -0.140. The van der Waals surface area contributed by atoms with Gasteiger partial charge >= 0.3 is 6.18 Å². The fraction of sp³-hybridized carbons (Fsp3) is 0.562. The smallest absolute Gasteiger partial charge is 0.335 e. The molecular weight excluding hydrogens is 293 g/mol. The van der Waals surface area contributed by atoms with Crippen LogP contribution in [-0.2, 0) is 17.5 Å². The summed E-state index contributed by atoms with van der Waals surface area (Å²) in [6.45, 7) is 0.210. The highest BCUT2D eigenvalue weighted by atomic mass is 19.4. The van der Waals surface area contributed by atoms with Gasteiger partial charge in [-0.05, 0) is 24.5 Å². The number of benzene rings is 1. The number of hydrogen-bond donors (Lipinski definition) is 1. The maximum absolute atomic E-state index is 13.1. The first-order valence-electron chi connectivity index (χ1n) is 7.58. The van der Waals surface area contributed by atoms with Gasteiger partial charge in [0.15, 0.2) is 0 Å². The van der Waals surface area contributed by atoms with Crippen molar-refractivity contribution in [2.75, 3.05) is 6.54 Å². The standard InChI is InChI=1S/C16H21F3N2O/c17-16(18,19)14-8-4-1-5-12(14)11-21(15(22)9-10-20)13-6-2-3-7-13/h1,4-5,8,13H,2-3,6-7,9-11,20H2. The molecule has 2 N–H and O–H groups in total. The van der Waals surface area contributed by atoms with E-state index in [1.54, 1.807) is 11.0 Å². The average Bonchev–Trinajstić information content (AvgIpc) is 2.98. The number of nitrogens with zero attached hydrogens (tertiary/aromatic N) is 1. The van der Waals surface area contributed by atoms with E-state index in [-0.39, 0.29) is 37.0 Å². The predicted octanol–water partition coefficient (Wildman–Crippen LogP) is 3.33. The number of rotatable bonds is 5. The van der Waals surface area contributed by atoms with Crippen molar-refractivity contribution in [3.8, 4) is 0 Å². The van der Waals surface area contributed by atoms with Gasteiger partial charge in [0.1, 0.15) is 0 Å². The highest BCUT2D eigenvalue weighted by molar-refractivity contribution is 5.76. The van der Waals surface area contributed by atoms with Gasteiger partial charge in [-0.25, -0.2) is 0 Å².